The van der Waals surface area contributed by atoms with E-state index in [2.05, 4.69) is 36.8 Å². The zero-order valence-corrected chi connectivity index (χ0v) is 15.9. The van der Waals surface area contributed by atoms with Crippen LogP contribution in [-0.4, -0.2) is 29.5 Å². The fraction of sp³-hybridized carbons (Fsp3) is 0.0476. The second kappa shape index (κ2) is 7.24. The van der Waals surface area contributed by atoms with Crippen LogP contribution in [0.2, 0.25) is 0 Å². The van der Waals surface area contributed by atoms with Crippen molar-refractivity contribution in [2.24, 2.45) is 0 Å². The number of nitrogens with zero attached hydrogens (tertiary/aromatic N) is 5. The van der Waals surface area contributed by atoms with E-state index >= 15 is 0 Å². The van der Waals surface area contributed by atoms with Crippen molar-refractivity contribution in [2.45, 2.75) is 6.04 Å². The number of benzene rings is 2. The molecule has 5 aromatic rings. The molecule has 0 saturated heterocycles. The third-order valence-electron chi connectivity index (χ3n) is 4.78. The molecule has 0 aliphatic rings. The van der Waals surface area contributed by atoms with Crippen molar-refractivity contribution in [3.63, 3.8) is 0 Å². The van der Waals surface area contributed by atoms with Crippen molar-refractivity contribution in [1.82, 2.24) is 29.5 Å². The number of hydrogen-bond acceptors (Lipinski definition) is 5. The molecule has 2 N–H and O–H groups in total. The molecule has 2 aromatic carbocycles. The maximum Gasteiger partial charge on any atom is 0.182 e. The van der Waals surface area contributed by atoms with Gasteiger partial charge >= 0.3 is 0 Å². The van der Waals surface area contributed by atoms with Gasteiger partial charge in [0.05, 0.1) is 23.0 Å². The summed E-state index contributed by atoms with van der Waals surface area (Å²) in [5.41, 5.74) is 1.98. The normalized spacial score (nSPS) is 12.4. The fourth-order valence-electron chi connectivity index (χ4n) is 3.47. The predicted molar refractivity (Wildman–Crippen MR) is 109 cm³/mol. The van der Waals surface area contributed by atoms with Gasteiger partial charge in [0, 0.05) is 12.1 Å². The lowest BCUT2D eigenvalue weighted by Crippen LogP contribution is -2.15. The minimum atomic E-state index is -0.766. The Balaban J connectivity index is 1.71. The van der Waals surface area contributed by atoms with Crippen LogP contribution < -0.4 is 5.32 Å². The summed E-state index contributed by atoms with van der Waals surface area (Å²) >= 11 is 0. The molecule has 0 aliphatic carbocycles. The molecular weight excluding hydrogens is 407 g/mol. The maximum atomic E-state index is 14.0. The monoisotopic (exact) mass is 421 g/mol. The number of aromatic amines is 1. The number of H-pyrrole nitrogens is 1. The molecule has 0 bridgehead atoms. The average molecular weight is 421 g/mol. The summed E-state index contributed by atoms with van der Waals surface area (Å²) in [6, 6.07) is 6.44. The first-order chi connectivity index (χ1) is 15.0. The summed E-state index contributed by atoms with van der Waals surface area (Å²) < 4.78 is 43.5. The number of anilines is 1. The quantitative estimate of drug-likeness (QED) is 0.410. The summed E-state index contributed by atoms with van der Waals surface area (Å²) in [5.74, 6) is -1.26. The molecule has 5 rings (SSSR count). The van der Waals surface area contributed by atoms with Crippen molar-refractivity contribution in [2.75, 3.05) is 5.32 Å². The van der Waals surface area contributed by atoms with Crippen LogP contribution in [0.4, 0.5) is 19.0 Å². The molecule has 0 radical (unpaired) electrons. The van der Waals surface area contributed by atoms with E-state index in [0.29, 0.717) is 33.8 Å². The summed E-state index contributed by atoms with van der Waals surface area (Å²) in [6.07, 6.45) is 4.40. The number of rotatable bonds is 5. The number of aromatic nitrogens is 6. The van der Waals surface area contributed by atoms with Crippen molar-refractivity contribution in [3.8, 4) is 5.69 Å². The van der Waals surface area contributed by atoms with E-state index in [1.54, 1.807) is 6.08 Å². The molecule has 3 aromatic heterocycles. The fourth-order valence-corrected chi connectivity index (χ4v) is 3.47. The predicted octanol–water partition coefficient (Wildman–Crippen LogP) is 4.45. The molecule has 31 heavy (non-hydrogen) atoms. The van der Waals surface area contributed by atoms with E-state index in [4.69, 9.17) is 0 Å². The lowest BCUT2D eigenvalue weighted by atomic mass is 10.2. The molecule has 0 unspecified atom stereocenters. The number of imidazole rings is 2. The summed E-state index contributed by atoms with van der Waals surface area (Å²) in [6.45, 7) is 3.85. The lowest BCUT2D eigenvalue weighted by molar-refractivity contribution is 0.581. The smallest absolute Gasteiger partial charge is 0.182 e. The Bertz CT molecular complexity index is 1420. The highest BCUT2D eigenvalue weighted by Crippen LogP contribution is 2.30. The van der Waals surface area contributed by atoms with Crippen molar-refractivity contribution in [1.29, 1.82) is 0 Å². The van der Waals surface area contributed by atoms with Crippen LogP contribution in [0.1, 0.15) is 11.9 Å². The van der Waals surface area contributed by atoms with Gasteiger partial charge in [-0.25, -0.2) is 33.1 Å². The van der Waals surface area contributed by atoms with Gasteiger partial charge in [0.1, 0.15) is 41.2 Å². The lowest BCUT2D eigenvalue weighted by Gasteiger charge is -2.18. The molecule has 3 heterocycles. The first-order valence-electron chi connectivity index (χ1n) is 9.21. The van der Waals surface area contributed by atoms with E-state index in [-0.39, 0.29) is 5.69 Å². The Hall–Kier alpha value is -4.21. The van der Waals surface area contributed by atoms with Crippen molar-refractivity contribution < 1.29 is 13.2 Å². The molecule has 0 aliphatic heterocycles. The van der Waals surface area contributed by atoms with Gasteiger partial charge < -0.3 is 10.3 Å². The van der Waals surface area contributed by atoms with E-state index in [0.717, 1.165) is 18.2 Å². The van der Waals surface area contributed by atoms with Gasteiger partial charge in [0.25, 0.3) is 0 Å². The Morgan fingerprint density at radius 1 is 1.00 bits per heavy atom. The van der Waals surface area contributed by atoms with Crippen LogP contribution in [0.25, 0.3) is 27.9 Å². The van der Waals surface area contributed by atoms with Crippen LogP contribution in [0.15, 0.2) is 61.7 Å². The number of hydrogen-bond donors (Lipinski definition) is 2. The Morgan fingerprint density at radius 2 is 1.81 bits per heavy atom. The summed E-state index contributed by atoms with van der Waals surface area (Å²) in [7, 11) is 0. The van der Waals surface area contributed by atoms with Crippen LogP contribution in [0.5, 0.6) is 0 Å². The number of fused-ring (bicyclic) bond motifs is 2. The number of halogens is 3. The average Bonchev–Trinajstić information content (AvgIpc) is 3.36. The van der Waals surface area contributed by atoms with Crippen LogP contribution in [0, 0.1) is 17.5 Å². The van der Waals surface area contributed by atoms with Gasteiger partial charge in [-0.3, -0.25) is 4.57 Å². The largest absolute Gasteiger partial charge is 0.355 e. The maximum absolute atomic E-state index is 14.0. The third kappa shape index (κ3) is 3.27. The van der Waals surface area contributed by atoms with E-state index in [9.17, 15) is 13.2 Å². The summed E-state index contributed by atoms with van der Waals surface area (Å²) in [4.78, 5) is 19.9. The van der Waals surface area contributed by atoms with Crippen molar-refractivity contribution in [3.05, 3.63) is 85.0 Å². The highest BCUT2D eigenvalue weighted by Gasteiger charge is 2.22. The molecule has 0 amide bonds. The Kier molecular flexibility index (Phi) is 4.39. The van der Waals surface area contributed by atoms with Gasteiger partial charge in [-0.1, -0.05) is 6.08 Å². The second-order valence-electron chi connectivity index (χ2n) is 6.75. The highest BCUT2D eigenvalue weighted by molar-refractivity contribution is 5.83. The zero-order chi connectivity index (χ0) is 21.5. The molecule has 7 nitrogen and oxygen atoms in total. The molecule has 0 saturated carbocycles. The molecule has 1 atom stereocenters. The van der Waals surface area contributed by atoms with E-state index in [1.165, 1.54) is 35.4 Å². The molecular formula is C21H14F3N7. The second-order valence-corrected chi connectivity index (χ2v) is 6.75. The molecule has 0 fully saturated rings. The Morgan fingerprint density at radius 3 is 2.58 bits per heavy atom. The SMILES string of the molecule is C=C[C@H](Nc1ncnc2nc[nH]c12)c1nc2ccc(F)cc2n1-c1cc(F)cc(F)c1. The minimum Gasteiger partial charge on any atom is -0.355 e. The zero-order valence-electron chi connectivity index (χ0n) is 15.9. The first-order valence-corrected chi connectivity index (χ1v) is 9.21. The van der Waals surface area contributed by atoms with Crippen molar-refractivity contribution >= 4 is 28.0 Å². The Labute approximate surface area is 173 Å². The highest BCUT2D eigenvalue weighted by atomic mass is 19.1. The third-order valence-corrected chi connectivity index (χ3v) is 4.78. The van der Waals surface area contributed by atoms with E-state index in [1.807, 2.05) is 0 Å². The van der Waals surface area contributed by atoms with E-state index < -0.39 is 23.5 Å². The minimum absolute atomic E-state index is 0.156. The van der Waals surface area contributed by atoms with Gasteiger partial charge in [-0.05, 0) is 24.3 Å². The number of nitrogens with one attached hydrogen (secondary N) is 2. The van der Waals surface area contributed by atoms with Gasteiger partial charge in [0.2, 0.25) is 0 Å². The van der Waals surface area contributed by atoms with Gasteiger partial charge in [-0.2, -0.15) is 0 Å². The molecule has 154 valence electrons. The van der Waals surface area contributed by atoms with Gasteiger partial charge in [-0.15, -0.1) is 6.58 Å². The van der Waals surface area contributed by atoms with Crippen LogP contribution in [-0.2, 0) is 0 Å². The van der Waals surface area contributed by atoms with Gasteiger partial charge in [0.15, 0.2) is 11.5 Å². The molecule has 0 spiro atoms. The van der Waals surface area contributed by atoms with Crippen LogP contribution >= 0.6 is 0 Å². The van der Waals surface area contributed by atoms with Crippen LogP contribution in [0.3, 0.4) is 0 Å². The first kappa shape index (κ1) is 18.8. The molecule has 10 heteroatoms. The standard InChI is InChI=1S/C21H14F3N7/c1-2-15(29-20-18-19(26-9-25-18)27-10-28-20)21-30-16-4-3-11(22)8-17(16)31(21)14-6-12(23)5-13(24)7-14/h2-10,15H,1H2,(H2,25,26,27,28,29)/t15-/m0/s1. The summed E-state index contributed by atoms with van der Waals surface area (Å²) in [5, 5.41) is 3.18. The topological polar surface area (TPSA) is 84.3 Å².